The highest BCUT2D eigenvalue weighted by Gasteiger charge is 2.11. The molecule has 0 aliphatic carbocycles. The predicted molar refractivity (Wildman–Crippen MR) is 217 cm³/mol. The SMILES string of the molecule is CCCCCCCCCCCCCCCCCCC(CCCCCCCCCCCCCCCCCC)CCN(C)CCOCCOC. The number of rotatable bonds is 43. The summed E-state index contributed by atoms with van der Waals surface area (Å²) in [7, 11) is 4.02. The Morgan fingerprint density at radius 1 is 0.354 bits per heavy atom. The Morgan fingerprint density at radius 2 is 0.667 bits per heavy atom. The number of unbranched alkanes of at least 4 members (excludes halogenated alkanes) is 30. The van der Waals surface area contributed by atoms with E-state index in [1.54, 1.807) is 7.11 Å². The van der Waals surface area contributed by atoms with Crippen molar-refractivity contribution >= 4 is 0 Å². The lowest BCUT2D eigenvalue weighted by molar-refractivity contribution is 0.0598. The molecule has 0 aromatic carbocycles. The van der Waals surface area contributed by atoms with Crippen molar-refractivity contribution in [3.63, 3.8) is 0 Å². The third-order valence-corrected chi connectivity index (χ3v) is 10.9. The van der Waals surface area contributed by atoms with Crippen LogP contribution in [-0.2, 0) is 9.47 Å². The molecular formula is C45H93NO2. The summed E-state index contributed by atoms with van der Waals surface area (Å²) in [4.78, 5) is 2.49. The summed E-state index contributed by atoms with van der Waals surface area (Å²) in [6, 6.07) is 0. The van der Waals surface area contributed by atoms with Crippen LogP contribution in [0.15, 0.2) is 0 Å². The molecule has 0 aliphatic heterocycles. The molecule has 0 bridgehead atoms. The van der Waals surface area contributed by atoms with Crippen LogP contribution in [0.3, 0.4) is 0 Å². The molecule has 0 aromatic heterocycles. The fourth-order valence-corrected chi connectivity index (χ4v) is 7.37. The smallest absolute Gasteiger partial charge is 0.0700 e. The molecule has 0 unspecified atom stereocenters. The first kappa shape index (κ1) is 47.9. The van der Waals surface area contributed by atoms with Gasteiger partial charge in [-0.15, -0.1) is 0 Å². The Hall–Kier alpha value is -0.120. The van der Waals surface area contributed by atoms with Crippen LogP contribution < -0.4 is 0 Å². The summed E-state index contributed by atoms with van der Waals surface area (Å²) >= 11 is 0. The number of methoxy groups -OCH3 is 1. The van der Waals surface area contributed by atoms with E-state index in [0.29, 0.717) is 13.2 Å². The van der Waals surface area contributed by atoms with E-state index in [0.717, 1.165) is 19.1 Å². The van der Waals surface area contributed by atoms with E-state index in [2.05, 4.69) is 25.8 Å². The van der Waals surface area contributed by atoms with Crippen LogP contribution in [-0.4, -0.2) is 52.0 Å². The van der Waals surface area contributed by atoms with E-state index >= 15 is 0 Å². The summed E-state index contributed by atoms with van der Waals surface area (Å²) in [6.45, 7) is 9.11. The molecule has 0 N–H and O–H groups in total. The van der Waals surface area contributed by atoms with Gasteiger partial charge in [-0.25, -0.2) is 0 Å². The molecule has 0 rings (SSSR count). The summed E-state index contributed by atoms with van der Waals surface area (Å²) < 4.78 is 10.8. The number of ether oxygens (including phenoxy) is 2. The third-order valence-electron chi connectivity index (χ3n) is 10.9. The van der Waals surface area contributed by atoms with E-state index < -0.39 is 0 Å². The predicted octanol–water partition coefficient (Wildman–Crippen LogP) is 14.9. The summed E-state index contributed by atoms with van der Waals surface area (Å²) in [5.41, 5.74) is 0. The van der Waals surface area contributed by atoms with Gasteiger partial charge in [-0.05, 0) is 25.9 Å². The van der Waals surface area contributed by atoms with Crippen molar-refractivity contribution in [3.8, 4) is 0 Å². The van der Waals surface area contributed by atoms with Gasteiger partial charge in [0.2, 0.25) is 0 Å². The number of likely N-dealkylation sites (N-methyl/N-ethyl adjacent to an activating group) is 1. The average Bonchev–Trinajstić information content (AvgIpc) is 3.09. The Balaban J connectivity index is 3.91. The van der Waals surface area contributed by atoms with Gasteiger partial charge >= 0.3 is 0 Å². The van der Waals surface area contributed by atoms with Crippen LogP contribution in [0, 0.1) is 5.92 Å². The topological polar surface area (TPSA) is 21.7 Å². The highest BCUT2D eigenvalue weighted by Crippen LogP contribution is 2.23. The van der Waals surface area contributed by atoms with Crippen LogP contribution in [0.1, 0.15) is 239 Å². The first-order valence-electron chi connectivity index (χ1n) is 22.5. The zero-order valence-corrected chi connectivity index (χ0v) is 34.1. The molecule has 0 spiro atoms. The van der Waals surface area contributed by atoms with E-state index in [9.17, 15) is 0 Å². The molecule has 0 saturated carbocycles. The fraction of sp³-hybridized carbons (Fsp3) is 1.00. The molecule has 0 aliphatic rings. The van der Waals surface area contributed by atoms with Gasteiger partial charge in [-0.1, -0.05) is 232 Å². The molecule has 3 heteroatoms. The Labute approximate surface area is 305 Å². The lowest BCUT2D eigenvalue weighted by Gasteiger charge is -2.22. The molecule has 3 nitrogen and oxygen atoms in total. The highest BCUT2D eigenvalue weighted by molar-refractivity contribution is 4.64. The minimum absolute atomic E-state index is 0.699. The van der Waals surface area contributed by atoms with Crippen molar-refractivity contribution in [3.05, 3.63) is 0 Å². The standard InChI is InChI=1S/C45H93NO2/c1-5-7-9-11-13-15-17-19-21-23-25-27-29-31-33-35-37-45(39-40-46(3)41-42-48-44-43-47-4)38-36-34-32-30-28-26-24-22-20-18-16-14-12-10-8-6-2/h45H,5-44H2,1-4H3. The van der Waals surface area contributed by atoms with Gasteiger partial charge in [0.25, 0.3) is 0 Å². The van der Waals surface area contributed by atoms with Crippen molar-refractivity contribution in [1.29, 1.82) is 0 Å². The Bertz CT molecular complexity index is 519. The zero-order chi connectivity index (χ0) is 34.9. The van der Waals surface area contributed by atoms with Gasteiger partial charge in [-0.2, -0.15) is 0 Å². The van der Waals surface area contributed by atoms with Crippen LogP contribution in [0.25, 0.3) is 0 Å². The summed E-state index contributed by atoms with van der Waals surface area (Å²) in [5, 5.41) is 0. The quantitative estimate of drug-likeness (QED) is 0.0599. The molecule has 0 heterocycles. The van der Waals surface area contributed by atoms with E-state index in [-0.39, 0.29) is 0 Å². The minimum atomic E-state index is 0.699. The van der Waals surface area contributed by atoms with Crippen LogP contribution in [0.4, 0.5) is 0 Å². The van der Waals surface area contributed by atoms with E-state index in [1.807, 2.05) is 0 Å². The van der Waals surface area contributed by atoms with Crippen molar-refractivity contribution in [1.82, 2.24) is 4.90 Å². The minimum Gasteiger partial charge on any atom is -0.382 e. The number of nitrogens with zero attached hydrogens (tertiary/aromatic N) is 1. The number of hydrogen-bond donors (Lipinski definition) is 0. The molecule has 48 heavy (non-hydrogen) atoms. The normalized spacial score (nSPS) is 11.9. The van der Waals surface area contributed by atoms with Gasteiger partial charge < -0.3 is 14.4 Å². The molecule has 290 valence electrons. The van der Waals surface area contributed by atoms with Crippen molar-refractivity contribution in [2.24, 2.45) is 5.92 Å². The Morgan fingerprint density at radius 3 is 0.979 bits per heavy atom. The van der Waals surface area contributed by atoms with Crippen molar-refractivity contribution in [2.45, 2.75) is 239 Å². The van der Waals surface area contributed by atoms with Crippen molar-refractivity contribution in [2.75, 3.05) is 47.1 Å². The molecule has 0 fully saturated rings. The average molecular weight is 680 g/mol. The van der Waals surface area contributed by atoms with Gasteiger partial charge in [0.15, 0.2) is 0 Å². The molecule has 0 radical (unpaired) electrons. The second-order valence-corrected chi connectivity index (χ2v) is 15.7. The van der Waals surface area contributed by atoms with Crippen molar-refractivity contribution < 1.29 is 9.47 Å². The maximum Gasteiger partial charge on any atom is 0.0700 e. The van der Waals surface area contributed by atoms with Gasteiger partial charge in [0, 0.05) is 13.7 Å². The first-order valence-corrected chi connectivity index (χ1v) is 22.5. The maximum absolute atomic E-state index is 5.71. The molecule has 0 aromatic rings. The molecule has 0 atom stereocenters. The highest BCUT2D eigenvalue weighted by atomic mass is 16.5. The van der Waals surface area contributed by atoms with E-state index in [4.69, 9.17) is 9.47 Å². The first-order chi connectivity index (χ1) is 23.7. The van der Waals surface area contributed by atoms with Gasteiger partial charge in [0.1, 0.15) is 0 Å². The summed E-state index contributed by atoms with van der Waals surface area (Å²) in [6.07, 6.45) is 51.0. The van der Waals surface area contributed by atoms with E-state index in [1.165, 1.54) is 231 Å². The van der Waals surface area contributed by atoms with Gasteiger partial charge in [0.05, 0.1) is 19.8 Å². The van der Waals surface area contributed by atoms with Crippen LogP contribution >= 0.6 is 0 Å². The second-order valence-electron chi connectivity index (χ2n) is 15.7. The Kier molecular flexibility index (Phi) is 42.9. The number of hydrogen-bond acceptors (Lipinski definition) is 3. The largest absolute Gasteiger partial charge is 0.382 e. The third kappa shape index (κ3) is 40.3. The zero-order valence-electron chi connectivity index (χ0n) is 34.1. The molecular weight excluding hydrogens is 587 g/mol. The molecule has 0 saturated heterocycles. The second kappa shape index (κ2) is 43.0. The van der Waals surface area contributed by atoms with Crippen LogP contribution in [0.5, 0.6) is 0 Å². The van der Waals surface area contributed by atoms with Crippen LogP contribution in [0.2, 0.25) is 0 Å². The fourth-order valence-electron chi connectivity index (χ4n) is 7.37. The lowest BCUT2D eigenvalue weighted by atomic mass is 9.91. The summed E-state index contributed by atoms with van der Waals surface area (Å²) in [5.74, 6) is 0.917. The maximum atomic E-state index is 5.71. The lowest BCUT2D eigenvalue weighted by Crippen LogP contribution is -2.26. The molecule has 0 amide bonds. The monoisotopic (exact) mass is 680 g/mol. The van der Waals surface area contributed by atoms with Gasteiger partial charge in [-0.3, -0.25) is 0 Å².